The van der Waals surface area contributed by atoms with E-state index in [9.17, 15) is 9.90 Å². The van der Waals surface area contributed by atoms with E-state index in [-0.39, 0.29) is 25.1 Å². The van der Waals surface area contributed by atoms with Crippen molar-refractivity contribution in [3.05, 3.63) is 59.0 Å². The molecule has 1 atom stereocenters. The van der Waals surface area contributed by atoms with E-state index in [4.69, 9.17) is 16.0 Å². The largest absolute Gasteiger partial charge is 0.467 e. The summed E-state index contributed by atoms with van der Waals surface area (Å²) in [6.45, 7) is 3.66. The molecule has 0 fully saturated rings. The van der Waals surface area contributed by atoms with Crippen molar-refractivity contribution in [3.8, 4) is 0 Å². The lowest BCUT2D eigenvalue weighted by Gasteiger charge is -2.25. The van der Waals surface area contributed by atoms with Gasteiger partial charge in [0, 0.05) is 17.0 Å². The number of carbonyl (C=O) groups excluding carboxylic acids is 1. The molecule has 2 heterocycles. The Morgan fingerprint density at radius 2 is 2.12 bits per heavy atom. The molecule has 1 amide bonds. The summed E-state index contributed by atoms with van der Waals surface area (Å²) in [5.41, 5.74) is 1.18. The van der Waals surface area contributed by atoms with E-state index < -0.39 is 5.54 Å². The molecular formula is C19H22ClN3O3. The summed E-state index contributed by atoms with van der Waals surface area (Å²) in [5.74, 6) is 0.504. The summed E-state index contributed by atoms with van der Waals surface area (Å²) in [4.78, 5) is 12.8. The maximum absolute atomic E-state index is 12.8. The number of aliphatic hydroxyl groups excluding tert-OH is 1. The predicted octanol–water partition coefficient (Wildman–Crippen LogP) is 2.97. The first-order chi connectivity index (χ1) is 12.4. The second-order valence-electron chi connectivity index (χ2n) is 6.92. The zero-order valence-electron chi connectivity index (χ0n) is 14.8. The summed E-state index contributed by atoms with van der Waals surface area (Å²) >= 11 is 5.96. The summed E-state index contributed by atoms with van der Waals surface area (Å²) in [7, 11) is 0. The smallest absolute Gasteiger partial charge is 0.257 e. The number of hydrazone groups is 1. The van der Waals surface area contributed by atoms with Crippen LogP contribution in [0, 0.1) is 0 Å². The first-order valence-electron chi connectivity index (χ1n) is 8.44. The van der Waals surface area contributed by atoms with Crippen LogP contribution in [0.1, 0.15) is 37.6 Å². The van der Waals surface area contributed by atoms with Crippen molar-refractivity contribution < 1.29 is 14.3 Å². The van der Waals surface area contributed by atoms with Gasteiger partial charge in [-0.25, -0.2) is 5.01 Å². The van der Waals surface area contributed by atoms with E-state index in [2.05, 4.69) is 10.4 Å². The fraction of sp³-hybridized carbons (Fsp3) is 0.368. The number of furan rings is 1. The summed E-state index contributed by atoms with van der Waals surface area (Å²) in [6.07, 6.45) is 2.15. The summed E-state index contributed by atoms with van der Waals surface area (Å²) < 4.78 is 5.52. The van der Waals surface area contributed by atoms with Gasteiger partial charge >= 0.3 is 0 Å². The van der Waals surface area contributed by atoms with Crippen LogP contribution in [-0.2, 0) is 4.79 Å². The van der Waals surface area contributed by atoms with Crippen LogP contribution in [0.2, 0.25) is 5.02 Å². The van der Waals surface area contributed by atoms with E-state index in [1.165, 1.54) is 5.01 Å². The average molecular weight is 376 g/mol. The number of hydrogen-bond donors (Lipinski definition) is 2. The molecule has 7 heteroatoms. The number of hydrogen-bond acceptors (Lipinski definition) is 5. The molecule has 1 aliphatic rings. The molecule has 138 valence electrons. The van der Waals surface area contributed by atoms with Crippen LogP contribution < -0.4 is 5.32 Å². The Kier molecular flexibility index (Phi) is 5.46. The van der Waals surface area contributed by atoms with Gasteiger partial charge in [0.05, 0.1) is 25.1 Å². The average Bonchev–Trinajstić information content (AvgIpc) is 3.30. The first-order valence-corrected chi connectivity index (χ1v) is 8.82. The van der Waals surface area contributed by atoms with Crippen molar-refractivity contribution in [1.82, 2.24) is 10.3 Å². The van der Waals surface area contributed by atoms with Gasteiger partial charge in [-0.1, -0.05) is 23.7 Å². The van der Waals surface area contributed by atoms with Crippen LogP contribution in [0.15, 0.2) is 52.2 Å². The lowest BCUT2D eigenvalue weighted by molar-refractivity contribution is -0.132. The number of amides is 1. The maximum Gasteiger partial charge on any atom is 0.257 e. The van der Waals surface area contributed by atoms with Crippen LogP contribution >= 0.6 is 11.6 Å². The molecule has 0 unspecified atom stereocenters. The lowest BCUT2D eigenvalue weighted by Crippen LogP contribution is -2.47. The van der Waals surface area contributed by atoms with Gasteiger partial charge in [-0.3, -0.25) is 4.79 Å². The Hall–Kier alpha value is -2.15. The van der Waals surface area contributed by atoms with Crippen molar-refractivity contribution in [2.45, 2.75) is 31.8 Å². The quantitative estimate of drug-likeness (QED) is 0.813. The monoisotopic (exact) mass is 375 g/mol. The minimum atomic E-state index is -0.543. The third-order valence-electron chi connectivity index (χ3n) is 4.33. The van der Waals surface area contributed by atoms with Crippen LogP contribution in [0.25, 0.3) is 0 Å². The third-order valence-corrected chi connectivity index (χ3v) is 4.58. The van der Waals surface area contributed by atoms with Crippen molar-refractivity contribution in [2.75, 3.05) is 13.2 Å². The molecular weight excluding hydrogens is 354 g/mol. The minimum Gasteiger partial charge on any atom is -0.467 e. The Morgan fingerprint density at radius 3 is 2.73 bits per heavy atom. The van der Waals surface area contributed by atoms with Crippen molar-refractivity contribution in [3.63, 3.8) is 0 Å². The highest BCUT2D eigenvalue weighted by atomic mass is 35.5. The number of nitrogens with zero attached hydrogens (tertiary/aromatic N) is 2. The SMILES string of the molecule is CC(C)(CO)NCC(=O)N1N=C(c2ccc(Cl)cc2)C[C@H]1c1ccco1. The molecule has 1 aromatic heterocycles. The van der Waals surface area contributed by atoms with E-state index in [0.717, 1.165) is 11.3 Å². The lowest BCUT2D eigenvalue weighted by atomic mass is 10.0. The van der Waals surface area contributed by atoms with Crippen molar-refractivity contribution in [1.29, 1.82) is 0 Å². The van der Waals surface area contributed by atoms with E-state index in [1.807, 2.05) is 32.0 Å². The Labute approximate surface area is 157 Å². The molecule has 6 nitrogen and oxygen atoms in total. The molecule has 0 saturated heterocycles. The molecule has 1 aliphatic heterocycles. The number of nitrogens with one attached hydrogen (secondary N) is 1. The van der Waals surface area contributed by atoms with Gasteiger partial charge in [0.2, 0.25) is 0 Å². The Morgan fingerprint density at radius 1 is 1.38 bits per heavy atom. The summed E-state index contributed by atoms with van der Waals surface area (Å²) in [6, 6.07) is 10.7. The predicted molar refractivity (Wildman–Crippen MR) is 100 cm³/mol. The first kappa shape index (κ1) is 18.6. The van der Waals surface area contributed by atoms with Crippen LogP contribution in [0.5, 0.6) is 0 Å². The summed E-state index contributed by atoms with van der Waals surface area (Å²) in [5, 5.41) is 19.1. The fourth-order valence-electron chi connectivity index (χ4n) is 2.71. The van der Waals surface area contributed by atoms with Gasteiger partial charge in [0.25, 0.3) is 5.91 Å². The van der Waals surface area contributed by atoms with E-state index in [1.54, 1.807) is 24.5 Å². The van der Waals surface area contributed by atoms with Gasteiger partial charge in [0.1, 0.15) is 11.8 Å². The number of halogens is 1. The van der Waals surface area contributed by atoms with Gasteiger partial charge in [0.15, 0.2) is 0 Å². The van der Waals surface area contributed by atoms with Crippen molar-refractivity contribution >= 4 is 23.2 Å². The van der Waals surface area contributed by atoms with Gasteiger partial charge < -0.3 is 14.8 Å². The Balaban J connectivity index is 1.82. The highest BCUT2D eigenvalue weighted by Gasteiger charge is 2.35. The molecule has 26 heavy (non-hydrogen) atoms. The molecule has 2 N–H and O–H groups in total. The second-order valence-corrected chi connectivity index (χ2v) is 7.36. The van der Waals surface area contributed by atoms with Gasteiger partial charge in [-0.2, -0.15) is 5.10 Å². The zero-order chi connectivity index (χ0) is 18.7. The highest BCUT2D eigenvalue weighted by Crippen LogP contribution is 2.33. The molecule has 0 bridgehead atoms. The highest BCUT2D eigenvalue weighted by molar-refractivity contribution is 6.30. The molecule has 0 saturated carbocycles. The maximum atomic E-state index is 12.8. The number of benzene rings is 1. The third kappa shape index (κ3) is 4.15. The standard InChI is InChI=1S/C19H22ClN3O3/c1-19(2,12-24)21-11-18(25)23-16(17-4-3-9-26-17)10-15(22-23)13-5-7-14(20)8-6-13/h3-9,16,21,24H,10-12H2,1-2H3/t16-/m0/s1. The fourth-order valence-corrected chi connectivity index (χ4v) is 2.84. The van der Waals surface area contributed by atoms with Crippen molar-refractivity contribution in [2.24, 2.45) is 5.10 Å². The molecule has 0 spiro atoms. The molecule has 0 aliphatic carbocycles. The molecule has 2 aromatic rings. The Bertz CT molecular complexity index is 785. The number of carbonyl (C=O) groups is 1. The van der Waals surface area contributed by atoms with Crippen LogP contribution in [0.4, 0.5) is 0 Å². The number of aliphatic hydroxyl groups is 1. The van der Waals surface area contributed by atoms with E-state index in [0.29, 0.717) is 17.2 Å². The molecule has 0 radical (unpaired) electrons. The van der Waals surface area contributed by atoms with Crippen LogP contribution in [0.3, 0.4) is 0 Å². The zero-order valence-corrected chi connectivity index (χ0v) is 15.5. The minimum absolute atomic E-state index is 0.0683. The molecule has 1 aromatic carbocycles. The second kappa shape index (κ2) is 7.61. The van der Waals surface area contributed by atoms with Crippen LogP contribution in [-0.4, -0.2) is 40.4 Å². The topological polar surface area (TPSA) is 78.1 Å². The van der Waals surface area contributed by atoms with Gasteiger partial charge in [-0.05, 0) is 43.7 Å². The van der Waals surface area contributed by atoms with Gasteiger partial charge in [-0.15, -0.1) is 0 Å². The number of rotatable bonds is 6. The molecule has 3 rings (SSSR count). The normalized spacial score (nSPS) is 17.5. The van der Waals surface area contributed by atoms with E-state index >= 15 is 0 Å².